The van der Waals surface area contributed by atoms with Crippen LogP contribution in [0.2, 0.25) is 0 Å². The van der Waals surface area contributed by atoms with E-state index in [0.717, 1.165) is 19.5 Å². The van der Waals surface area contributed by atoms with Crippen LogP contribution >= 0.6 is 0 Å². The zero-order valence-electron chi connectivity index (χ0n) is 13.3. The highest BCUT2D eigenvalue weighted by atomic mass is 16.6. The predicted octanol–water partition coefficient (Wildman–Crippen LogP) is 1.11. The standard InChI is InChI=1S/C15H27N3O3/c1-15(2,3)21-14(20)18-8-5-11(6-9-18)13(19)17-12-4-7-16-10-12/h11-12,16H,4-10H2,1-3H3,(H,17,19). The Labute approximate surface area is 126 Å². The smallest absolute Gasteiger partial charge is 0.410 e. The number of hydrogen-bond donors (Lipinski definition) is 2. The van der Waals surface area contributed by atoms with E-state index in [1.54, 1.807) is 4.90 Å². The first-order valence-electron chi connectivity index (χ1n) is 7.84. The normalized spacial score (nSPS) is 24.0. The average Bonchev–Trinajstić information content (AvgIpc) is 2.90. The molecule has 2 aliphatic heterocycles. The van der Waals surface area contributed by atoms with Crippen molar-refractivity contribution in [1.29, 1.82) is 0 Å². The van der Waals surface area contributed by atoms with Gasteiger partial charge in [-0.05, 0) is 46.6 Å². The number of ether oxygens (including phenoxy) is 1. The minimum atomic E-state index is -0.471. The summed E-state index contributed by atoms with van der Waals surface area (Å²) in [4.78, 5) is 25.9. The highest BCUT2D eigenvalue weighted by Crippen LogP contribution is 2.20. The zero-order chi connectivity index (χ0) is 15.5. The Balaban J connectivity index is 1.74. The van der Waals surface area contributed by atoms with E-state index in [9.17, 15) is 9.59 Å². The molecule has 6 heteroatoms. The number of carbonyl (C=O) groups is 2. The van der Waals surface area contributed by atoms with Crippen LogP contribution < -0.4 is 10.6 Å². The lowest BCUT2D eigenvalue weighted by Crippen LogP contribution is -2.46. The summed E-state index contributed by atoms with van der Waals surface area (Å²) in [6.45, 7) is 8.61. The van der Waals surface area contributed by atoms with Crippen molar-refractivity contribution in [2.75, 3.05) is 26.2 Å². The summed E-state index contributed by atoms with van der Waals surface area (Å²) in [5, 5.41) is 6.33. The summed E-state index contributed by atoms with van der Waals surface area (Å²) in [5.74, 6) is 0.150. The molecule has 0 aromatic heterocycles. The molecule has 0 aliphatic carbocycles. The molecule has 0 radical (unpaired) electrons. The van der Waals surface area contributed by atoms with Gasteiger partial charge in [-0.25, -0.2) is 4.79 Å². The minimum absolute atomic E-state index is 0.0179. The van der Waals surface area contributed by atoms with Crippen LogP contribution in [-0.4, -0.2) is 54.7 Å². The fourth-order valence-electron chi connectivity index (χ4n) is 2.75. The van der Waals surface area contributed by atoms with Gasteiger partial charge in [0.05, 0.1) is 0 Å². The average molecular weight is 297 g/mol. The molecule has 0 spiro atoms. The first-order valence-corrected chi connectivity index (χ1v) is 7.84. The Morgan fingerprint density at radius 1 is 1.19 bits per heavy atom. The molecule has 2 N–H and O–H groups in total. The minimum Gasteiger partial charge on any atom is -0.444 e. The Kier molecular flexibility index (Phi) is 5.08. The van der Waals surface area contributed by atoms with Gasteiger partial charge in [-0.3, -0.25) is 4.79 Å². The largest absolute Gasteiger partial charge is 0.444 e. The molecule has 2 heterocycles. The van der Waals surface area contributed by atoms with Gasteiger partial charge in [0.15, 0.2) is 0 Å². The van der Waals surface area contributed by atoms with Crippen LogP contribution in [0.1, 0.15) is 40.0 Å². The maximum Gasteiger partial charge on any atom is 0.410 e. The second-order valence-corrected chi connectivity index (χ2v) is 6.94. The maximum atomic E-state index is 12.2. The van der Waals surface area contributed by atoms with Crippen molar-refractivity contribution in [3.05, 3.63) is 0 Å². The van der Waals surface area contributed by atoms with Crippen molar-refractivity contribution >= 4 is 12.0 Å². The molecule has 0 bridgehead atoms. The molecule has 2 saturated heterocycles. The predicted molar refractivity (Wildman–Crippen MR) is 79.9 cm³/mol. The number of nitrogens with zero attached hydrogens (tertiary/aromatic N) is 1. The summed E-state index contributed by atoms with van der Waals surface area (Å²) in [7, 11) is 0. The topological polar surface area (TPSA) is 70.7 Å². The molecule has 1 unspecified atom stereocenters. The lowest BCUT2D eigenvalue weighted by molar-refractivity contribution is -0.127. The van der Waals surface area contributed by atoms with Gasteiger partial charge in [-0.2, -0.15) is 0 Å². The van der Waals surface area contributed by atoms with Gasteiger partial charge in [0, 0.05) is 31.6 Å². The Hall–Kier alpha value is -1.30. The quantitative estimate of drug-likeness (QED) is 0.801. The summed E-state index contributed by atoms with van der Waals surface area (Å²) < 4.78 is 5.36. The van der Waals surface area contributed by atoms with E-state index < -0.39 is 5.60 Å². The number of rotatable bonds is 2. The Morgan fingerprint density at radius 2 is 1.86 bits per heavy atom. The third-order valence-electron chi connectivity index (χ3n) is 3.92. The van der Waals surface area contributed by atoms with E-state index in [2.05, 4.69) is 10.6 Å². The monoisotopic (exact) mass is 297 g/mol. The lowest BCUT2D eigenvalue weighted by Gasteiger charge is -2.33. The molecular formula is C15H27N3O3. The second kappa shape index (κ2) is 6.64. The van der Waals surface area contributed by atoms with E-state index in [1.165, 1.54) is 0 Å². The van der Waals surface area contributed by atoms with E-state index in [4.69, 9.17) is 4.74 Å². The summed E-state index contributed by atoms with van der Waals surface area (Å²) >= 11 is 0. The molecule has 120 valence electrons. The maximum absolute atomic E-state index is 12.2. The molecule has 0 saturated carbocycles. The summed E-state index contributed by atoms with van der Waals surface area (Å²) in [6, 6.07) is 0.265. The molecular weight excluding hydrogens is 270 g/mol. The van der Waals surface area contributed by atoms with Crippen LogP contribution in [0.15, 0.2) is 0 Å². The SMILES string of the molecule is CC(C)(C)OC(=O)N1CCC(C(=O)NC2CCNC2)CC1. The van der Waals surface area contributed by atoms with Gasteiger partial charge >= 0.3 is 6.09 Å². The van der Waals surface area contributed by atoms with Crippen LogP contribution in [0.3, 0.4) is 0 Å². The Morgan fingerprint density at radius 3 is 2.38 bits per heavy atom. The van der Waals surface area contributed by atoms with Crippen molar-refractivity contribution < 1.29 is 14.3 Å². The van der Waals surface area contributed by atoms with Crippen molar-refractivity contribution in [2.24, 2.45) is 5.92 Å². The molecule has 6 nitrogen and oxygen atoms in total. The number of amides is 2. The van der Waals surface area contributed by atoms with Crippen molar-refractivity contribution in [2.45, 2.75) is 51.7 Å². The number of carbonyl (C=O) groups excluding carboxylic acids is 2. The number of hydrogen-bond acceptors (Lipinski definition) is 4. The van der Waals surface area contributed by atoms with Gasteiger partial charge in [0.25, 0.3) is 0 Å². The van der Waals surface area contributed by atoms with E-state index in [-0.39, 0.29) is 24.0 Å². The highest BCUT2D eigenvalue weighted by Gasteiger charge is 2.30. The van der Waals surface area contributed by atoms with Gasteiger partial charge < -0.3 is 20.3 Å². The van der Waals surface area contributed by atoms with Crippen LogP contribution in [0.25, 0.3) is 0 Å². The Bertz CT molecular complexity index is 378. The van der Waals surface area contributed by atoms with Gasteiger partial charge in [-0.1, -0.05) is 0 Å². The van der Waals surface area contributed by atoms with E-state index in [0.29, 0.717) is 25.9 Å². The van der Waals surface area contributed by atoms with E-state index in [1.807, 2.05) is 20.8 Å². The van der Waals surface area contributed by atoms with Crippen LogP contribution in [0, 0.1) is 5.92 Å². The molecule has 21 heavy (non-hydrogen) atoms. The van der Waals surface area contributed by atoms with Gasteiger partial charge in [0.2, 0.25) is 5.91 Å². The summed E-state index contributed by atoms with van der Waals surface area (Å²) in [6.07, 6.45) is 2.15. The third kappa shape index (κ3) is 4.88. The van der Waals surface area contributed by atoms with Crippen molar-refractivity contribution in [3.8, 4) is 0 Å². The van der Waals surface area contributed by atoms with Crippen molar-refractivity contribution in [3.63, 3.8) is 0 Å². The fraction of sp³-hybridized carbons (Fsp3) is 0.867. The van der Waals surface area contributed by atoms with Gasteiger partial charge in [0.1, 0.15) is 5.60 Å². The summed E-state index contributed by atoms with van der Waals surface area (Å²) in [5.41, 5.74) is -0.471. The molecule has 2 amide bonds. The van der Waals surface area contributed by atoms with Crippen LogP contribution in [0.4, 0.5) is 4.79 Å². The third-order valence-corrected chi connectivity index (χ3v) is 3.92. The molecule has 1 atom stereocenters. The van der Waals surface area contributed by atoms with Crippen LogP contribution in [-0.2, 0) is 9.53 Å². The molecule has 0 aromatic carbocycles. The van der Waals surface area contributed by atoms with Crippen molar-refractivity contribution in [1.82, 2.24) is 15.5 Å². The lowest BCUT2D eigenvalue weighted by atomic mass is 9.96. The molecule has 2 aliphatic rings. The van der Waals surface area contributed by atoms with E-state index >= 15 is 0 Å². The van der Waals surface area contributed by atoms with Crippen LogP contribution in [0.5, 0.6) is 0 Å². The number of piperidine rings is 1. The zero-order valence-corrected chi connectivity index (χ0v) is 13.3. The first-order chi connectivity index (χ1) is 9.85. The first kappa shape index (κ1) is 16.1. The van der Waals surface area contributed by atoms with Gasteiger partial charge in [-0.15, -0.1) is 0 Å². The molecule has 2 fully saturated rings. The second-order valence-electron chi connectivity index (χ2n) is 6.94. The number of nitrogens with one attached hydrogen (secondary N) is 2. The molecule has 2 rings (SSSR count). The fourth-order valence-corrected chi connectivity index (χ4v) is 2.75. The molecule has 0 aromatic rings. The highest BCUT2D eigenvalue weighted by molar-refractivity contribution is 5.79. The number of likely N-dealkylation sites (tertiary alicyclic amines) is 1.